The quantitative estimate of drug-likeness (QED) is 0.535. The highest BCUT2D eigenvalue weighted by molar-refractivity contribution is 6.22. The van der Waals surface area contributed by atoms with Gasteiger partial charge in [-0.3, -0.25) is 0 Å². The van der Waals surface area contributed by atoms with E-state index in [0.717, 1.165) is 10.9 Å². The minimum atomic E-state index is -0.243. The van der Waals surface area contributed by atoms with Gasteiger partial charge in [0, 0.05) is 0 Å². The van der Waals surface area contributed by atoms with E-state index < -0.39 is 0 Å². The van der Waals surface area contributed by atoms with Crippen molar-refractivity contribution in [2.75, 3.05) is 0 Å². The average molecular weight is 299 g/mol. The van der Waals surface area contributed by atoms with Gasteiger partial charge in [-0.25, -0.2) is 4.39 Å². The Morgan fingerprint density at radius 3 is 2.33 bits per heavy atom. The van der Waals surface area contributed by atoms with Crippen molar-refractivity contribution >= 4 is 22.4 Å². The number of hydrogen-bond donors (Lipinski definition) is 0. The van der Waals surface area contributed by atoms with Crippen molar-refractivity contribution in [2.24, 2.45) is 0 Å². The van der Waals surface area contributed by atoms with E-state index in [1.54, 1.807) is 12.1 Å². The fourth-order valence-electron chi connectivity index (χ4n) is 2.71. The Labute approximate surface area is 129 Å². The van der Waals surface area contributed by atoms with E-state index in [9.17, 15) is 4.39 Å². The first kappa shape index (κ1) is 14.1. The minimum absolute atomic E-state index is 0.195. The van der Waals surface area contributed by atoms with E-state index in [-0.39, 0.29) is 11.2 Å². The number of fused-ring (bicyclic) bond motifs is 1. The van der Waals surface area contributed by atoms with Crippen LogP contribution in [0.4, 0.5) is 4.39 Å². The number of halogens is 2. The molecule has 0 radical (unpaired) electrons. The third-order valence-electron chi connectivity index (χ3n) is 3.87. The normalized spacial score (nSPS) is 12.5. The maximum Gasteiger partial charge on any atom is 0.126 e. The molecule has 3 aromatic rings. The molecule has 0 spiro atoms. The van der Waals surface area contributed by atoms with Crippen molar-refractivity contribution in [1.82, 2.24) is 0 Å². The molecule has 0 heterocycles. The van der Waals surface area contributed by atoms with Gasteiger partial charge in [0.1, 0.15) is 5.82 Å². The number of aryl methyl sites for hydroxylation is 1. The molecule has 0 nitrogen and oxygen atoms in total. The number of hydrogen-bond acceptors (Lipinski definition) is 0. The van der Waals surface area contributed by atoms with Crippen molar-refractivity contribution in [1.29, 1.82) is 0 Å². The fourth-order valence-corrected chi connectivity index (χ4v) is 3.07. The smallest absolute Gasteiger partial charge is 0.126 e. The first-order chi connectivity index (χ1) is 10.2. The van der Waals surface area contributed by atoms with E-state index in [1.807, 2.05) is 18.2 Å². The maximum absolute atomic E-state index is 13.8. The van der Waals surface area contributed by atoms with Gasteiger partial charge in [-0.15, -0.1) is 11.6 Å². The van der Waals surface area contributed by atoms with Crippen LogP contribution in [-0.4, -0.2) is 0 Å². The summed E-state index contributed by atoms with van der Waals surface area (Å²) in [4.78, 5) is 0. The summed E-state index contributed by atoms with van der Waals surface area (Å²) in [6, 6.07) is 19.2. The van der Waals surface area contributed by atoms with Crippen LogP contribution in [0.3, 0.4) is 0 Å². The molecule has 106 valence electrons. The molecule has 1 atom stereocenters. The van der Waals surface area contributed by atoms with E-state index >= 15 is 0 Å². The Bertz CT molecular complexity index is 779. The van der Waals surface area contributed by atoms with Crippen molar-refractivity contribution < 1.29 is 4.39 Å². The monoisotopic (exact) mass is 298 g/mol. The van der Waals surface area contributed by atoms with Crippen molar-refractivity contribution in [3.63, 3.8) is 0 Å². The molecule has 1 unspecified atom stereocenters. The molecule has 0 saturated carbocycles. The molecular formula is C19H16ClF. The molecule has 0 bridgehead atoms. The van der Waals surface area contributed by atoms with Crippen LogP contribution in [0.25, 0.3) is 10.8 Å². The maximum atomic E-state index is 13.8. The first-order valence-electron chi connectivity index (χ1n) is 7.02. The lowest BCUT2D eigenvalue weighted by molar-refractivity contribution is 0.607. The summed E-state index contributed by atoms with van der Waals surface area (Å²) in [5, 5.41) is 2.11. The molecule has 3 aromatic carbocycles. The van der Waals surface area contributed by atoms with Crippen molar-refractivity contribution in [3.8, 4) is 0 Å². The van der Waals surface area contributed by atoms with Crippen LogP contribution in [0.5, 0.6) is 0 Å². The Morgan fingerprint density at radius 1 is 0.905 bits per heavy atom. The fraction of sp³-hybridized carbons (Fsp3) is 0.158. The summed E-state index contributed by atoms with van der Waals surface area (Å²) < 4.78 is 13.8. The topological polar surface area (TPSA) is 0 Å². The molecular weight excluding hydrogens is 283 g/mol. The summed E-state index contributed by atoms with van der Waals surface area (Å²) in [7, 11) is 0. The Hall–Kier alpha value is -1.86. The molecule has 0 aliphatic carbocycles. The lowest BCUT2D eigenvalue weighted by atomic mass is 9.95. The van der Waals surface area contributed by atoms with Gasteiger partial charge in [0.15, 0.2) is 0 Å². The summed E-state index contributed by atoms with van der Waals surface area (Å²) in [5.41, 5.74) is 2.94. The number of alkyl halides is 1. The molecule has 0 aliphatic rings. The molecule has 3 rings (SSSR count). The highest BCUT2D eigenvalue weighted by atomic mass is 35.5. The zero-order valence-electron chi connectivity index (χ0n) is 11.8. The molecule has 0 amide bonds. The minimum Gasteiger partial charge on any atom is -0.207 e. The van der Waals surface area contributed by atoms with Crippen LogP contribution in [0.1, 0.15) is 22.1 Å². The molecule has 21 heavy (non-hydrogen) atoms. The van der Waals surface area contributed by atoms with Gasteiger partial charge < -0.3 is 0 Å². The SMILES string of the molecule is Cc1ccc(C(Cl)Cc2ccccc2F)c2ccccc12. The van der Waals surface area contributed by atoms with Crippen LogP contribution >= 0.6 is 11.6 Å². The van der Waals surface area contributed by atoms with Gasteiger partial charge in [0.05, 0.1) is 5.38 Å². The highest BCUT2D eigenvalue weighted by Gasteiger charge is 2.14. The summed E-state index contributed by atoms with van der Waals surface area (Å²) >= 11 is 6.58. The van der Waals surface area contributed by atoms with E-state index in [2.05, 4.69) is 31.2 Å². The van der Waals surface area contributed by atoms with Gasteiger partial charge in [-0.2, -0.15) is 0 Å². The second-order valence-corrected chi connectivity index (χ2v) is 5.81. The van der Waals surface area contributed by atoms with Gasteiger partial charge >= 0.3 is 0 Å². The van der Waals surface area contributed by atoms with Crippen LogP contribution in [0.2, 0.25) is 0 Å². The Kier molecular flexibility index (Phi) is 3.94. The molecule has 0 fully saturated rings. The van der Waals surface area contributed by atoms with E-state index in [4.69, 9.17) is 11.6 Å². The predicted octanol–water partition coefficient (Wildman–Crippen LogP) is 5.81. The van der Waals surface area contributed by atoms with Gasteiger partial charge in [0.2, 0.25) is 0 Å². The van der Waals surface area contributed by atoms with Crippen LogP contribution in [0.15, 0.2) is 60.7 Å². The zero-order chi connectivity index (χ0) is 14.8. The first-order valence-corrected chi connectivity index (χ1v) is 7.46. The average Bonchev–Trinajstić information content (AvgIpc) is 2.50. The van der Waals surface area contributed by atoms with E-state index in [0.29, 0.717) is 12.0 Å². The molecule has 0 saturated heterocycles. The Balaban J connectivity index is 2.01. The molecule has 0 N–H and O–H groups in total. The standard InChI is InChI=1S/C19H16ClF/c1-13-10-11-17(16-8-4-3-7-15(13)16)18(20)12-14-6-2-5-9-19(14)21/h2-11,18H,12H2,1H3. The predicted molar refractivity (Wildman–Crippen MR) is 87.4 cm³/mol. The van der Waals surface area contributed by atoms with Gasteiger partial charge in [-0.1, -0.05) is 54.6 Å². The highest BCUT2D eigenvalue weighted by Crippen LogP contribution is 2.33. The summed E-state index contributed by atoms with van der Waals surface area (Å²) in [6.45, 7) is 2.09. The van der Waals surface area contributed by atoms with Gasteiger partial charge in [0.25, 0.3) is 0 Å². The summed E-state index contributed by atoms with van der Waals surface area (Å²) in [6.07, 6.45) is 0.487. The second kappa shape index (κ2) is 5.87. The second-order valence-electron chi connectivity index (χ2n) is 5.28. The number of benzene rings is 3. The molecule has 2 heteroatoms. The number of rotatable bonds is 3. The van der Waals surface area contributed by atoms with Crippen molar-refractivity contribution in [3.05, 3.63) is 83.2 Å². The largest absolute Gasteiger partial charge is 0.207 e. The molecule has 0 aliphatic heterocycles. The zero-order valence-corrected chi connectivity index (χ0v) is 12.6. The van der Waals surface area contributed by atoms with Gasteiger partial charge in [-0.05, 0) is 46.9 Å². The lowest BCUT2D eigenvalue weighted by Crippen LogP contribution is -1.99. The lowest BCUT2D eigenvalue weighted by Gasteiger charge is -2.15. The van der Waals surface area contributed by atoms with Crippen LogP contribution < -0.4 is 0 Å². The third-order valence-corrected chi connectivity index (χ3v) is 4.26. The van der Waals surface area contributed by atoms with Crippen LogP contribution in [0, 0.1) is 12.7 Å². The Morgan fingerprint density at radius 2 is 1.57 bits per heavy atom. The third kappa shape index (κ3) is 2.79. The van der Waals surface area contributed by atoms with Crippen LogP contribution in [-0.2, 0) is 6.42 Å². The van der Waals surface area contributed by atoms with Crippen molar-refractivity contribution in [2.45, 2.75) is 18.7 Å². The molecule has 0 aromatic heterocycles. The summed E-state index contributed by atoms with van der Waals surface area (Å²) in [5.74, 6) is -0.195. The van der Waals surface area contributed by atoms with E-state index in [1.165, 1.54) is 17.0 Å².